The Morgan fingerprint density at radius 2 is 2.00 bits per heavy atom. The fraction of sp³-hybridized carbons (Fsp3) is 0.312. The SMILES string of the molecule is Cc1ccsc1CN(C)C(=O)[C@@H](N)Cc1ccccc1. The van der Waals surface area contributed by atoms with E-state index in [0.717, 1.165) is 5.56 Å². The molecule has 1 atom stereocenters. The number of nitrogens with zero attached hydrogens (tertiary/aromatic N) is 1. The molecule has 0 saturated heterocycles. The largest absolute Gasteiger partial charge is 0.339 e. The van der Waals surface area contributed by atoms with Gasteiger partial charge in [-0.25, -0.2) is 0 Å². The highest BCUT2D eigenvalue weighted by Crippen LogP contribution is 2.17. The standard InChI is InChI=1S/C16H20N2OS/c1-12-8-9-20-15(12)11-18(2)16(19)14(17)10-13-6-4-3-5-7-13/h3-9,14H,10-11,17H2,1-2H3/t14-/m0/s1. The zero-order valence-corrected chi connectivity index (χ0v) is 12.7. The molecule has 0 bridgehead atoms. The number of carbonyl (C=O) groups is 1. The first-order chi connectivity index (χ1) is 9.58. The van der Waals surface area contributed by atoms with Crippen molar-refractivity contribution < 1.29 is 4.79 Å². The van der Waals surface area contributed by atoms with Crippen molar-refractivity contribution >= 4 is 17.2 Å². The smallest absolute Gasteiger partial charge is 0.239 e. The normalized spacial score (nSPS) is 12.2. The van der Waals surface area contributed by atoms with Gasteiger partial charge in [0.15, 0.2) is 0 Å². The van der Waals surface area contributed by atoms with Gasteiger partial charge in [-0.3, -0.25) is 4.79 Å². The molecule has 0 fully saturated rings. The van der Waals surface area contributed by atoms with Crippen molar-refractivity contribution in [2.24, 2.45) is 5.73 Å². The van der Waals surface area contributed by atoms with Gasteiger partial charge in [0.05, 0.1) is 12.6 Å². The molecule has 1 heterocycles. The van der Waals surface area contributed by atoms with Crippen LogP contribution in [0.3, 0.4) is 0 Å². The van der Waals surface area contributed by atoms with E-state index in [1.165, 1.54) is 10.4 Å². The average molecular weight is 288 g/mol. The van der Waals surface area contributed by atoms with Gasteiger partial charge in [0, 0.05) is 11.9 Å². The van der Waals surface area contributed by atoms with Gasteiger partial charge in [0.25, 0.3) is 0 Å². The fourth-order valence-corrected chi connectivity index (χ4v) is 3.06. The molecular weight excluding hydrogens is 268 g/mol. The number of likely N-dealkylation sites (N-methyl/N-ethyl adjacent to an activating group) is 1. The lowest BCUT2D eigenvalue weighted by molar-refractivity contribution is -0.131. The van der Waals surface area contributed by atoms with Crippen LogP contribution in [0.2, 0.25) is 0 Å². The van der Waals surface area contributed by atoms with Gasteiger partial charge in [-0.15, -0.1) is 11.3 Å². The van der Waals surface area contributed by atoms with E-state index < -0.39 is 6.04 Å². The Bertz CT molecular complexity index is 565. The van der Waals surface area contributed by atoms with Gasteiger partial charge in [-0.1, -0.05) is 30.3 Å². The van der Waals surface area contributed by atoms with Gasteiger partial charge in [-0.2, -0.15) is 0 Å². The molecule has 0 radical (unpaired) electrons. The molecule has 1 aromatic carbocycles. The number of amides is 1. The molecule has 0 aliphatic rings. The molecule has 0 aliphatic carbocycles. The number of thiophene rings is 1. The van der Waals surface area contributed by atoms with Crippen LogP contribution < -0.4 is 5.73 Å². The molecule has 0 saturated carbocycles. The van der Waals surface area contributed by atoms with Crippen LogP contribution >= 0.6 is 11.3 Å². The summed E-state index contributed by atoms with van der Waals surface area (Å²) in [5, 5.41) is 2.05. The number of hydrogen-bond acceptors (Lipinski definition) is 3. The van der Waals surface area contributed by atoms with Crippen molar-refractivity contribution in [2.75, 3.05) is 7.05 Å². The highest BCUT2D eigenvalue weighted by molar-refractivity contribution is 7.10. The zero-order valence-electron chi connectivity index (χ0n) is 11.9. The molecule has 0 spiro atoms. The lowest BCUT2D eigenvalue weighted by Gasteiger charge is -2.21. The van der Waals surface area contributed by atoms with E-state index in [1.807, 2.05) is 42.8 Å². The molecule has 0 unspecified atom stereocenters. The summed E-state index contributed by atoms with van der Waals surface area (Å²) in [5.74, 6) is -0.0124. The van der Waals surface area contributed by atoms with Crippen LogP contribution in [0.4, 0.5) is 0 Å². The van der Waals surface area contributed by atoms with Crippen LogP contribution in [0.25, 0.3) is 0 Å². The third kappa shape index (κ3) is 3.68. The summed E-state index contributed by atoms with van der Waals surface area (Å²) in [4.78, 5) is 15.2. The monoisotopic (exact) mass is 288 g/mol. The minimum absolute atomic E-state index is 0.0124. The Hall–Kier alpha value is -1.65. The van der Waals surface area contributed by atoms with Crippen LogP contribution in [0, 0.1) is 6.92 Å². The van der Waals surface area contributed by atoms with Crippen LogP contribution in [0.15, 0.2) is 41.8 Å². The molecule has 4 heteroatoms. The minimum Gasteiger partial charge on any atom is -0.339 e. The molecular formula is C16H20N2OS. The molecule has 106 valence electrons. The van der Waals surface area contributed by atoms with E-state index in [2.05, 4.69) is 13.0 Å². The van der Waals surface area contributed by atoms with Crippen molar-refractivity contribution in [1.82, 2.24) is 4.90 Å². The Labute approximate surface area is 124 Å². The molecule has 1 amide bonds. The zero-order chi connectivity index (χ0) is 14.5. The summed E-state index contributed by atoms with van der Waals surface area (Å²) in [6, 6.07) is 11.5. The maximum atomic E-state index is 12.3. The van der Waals surface area contributed by atoms with Crippen molar-refractivity contribution in [3.8, 4) is 0 Å². The highest BCUT2D eigenvalue weighted by Gasteiger charge is 2.19. The number of hydrogen-bond donors (Lipinski definition) is 1. The van der Waals surface area contributed by atoms with Gasteiger partial charge in [0.1, 0.15) is 0 Å². The second kappa shape index (κ2) is 6.68. The maximum Gasteiger partial charge on any atom is 0.239 e. The molecule has 2 aromatic rings. The van der Waals surface area contributed by atoms with E-state index in [0.29, 0.717) is 13.0 Å². The van der Waals surface area contributed by atoms with Gasteiger partial charge in [0.2, 0.25) is 5.91 Å². The van der Waals surface area contributed by atoms with Crippen molar-refractivity contribution in [1.29, 1.82) is 0 Å². The van der Waals surface area contributed by atoms with E-state index in [-0.39, 0.29) is 5.91 Å². The lowest BCUT2D eigenvalue weighted by Crippen LogP contribution is -2.42. The molecule has 20 heavy (non-hydrogen) atoms. The molecule has 3 nitrogen and oxygen atoms in total. The van der Waals surface area contributed by atoms with E-state index in [4.69, 9.17) is 5.73 Å². The first kappa shape index (κ1) is 14.8. The molecule has 0 aliphatic heterocycles. The van der Waals surface area contributed by atoms with Crippen LogP contribution in [0.5, 0.6) is 0 Å². The predicted octanol–water partition coefficient (Wildman–Crippen LogP) is 2.58. The predicted molar refractivity (Wildman–Crippen MR) is 83.7 cm³/mol. The van der Waals surface area contributed by atoms with Crippen molar-refractivity contribution in [3.05, 3.63) is 57.8 Å². The Morgan fingerprint density at radius 3 is 2.60 bits per heavy atom. The van der Waals surface area contributed by atoms with Crippen LogP contribution in [0.1, 0.15) is 16.0 Å². The summed E-state index contributed by atoms with van der Waals surface area (Å²) >= 11 is 1.68. The fourth-order valence-electron chi connectivity index (χ4n) is 2.10. The van der Waals surface area contributed by atoms with Crippen molar-refractivity contribution in [2.45, 2.75) is 25.9 Å². The van der Waals surface area contributed by atoms with E-state index >= 15 is 0 Å². The summed E-state index contributed by atoms with van der Waals surface area (Å²) in [6.45, 7) is 2.69. The van der Waals surface area contributed by atoms with Gasteiger partial charge >= 0.3 is 0 Å². The third-order valence-electron chi connectivity index (χ3n) is 3.34. The number of aryl methyl sites for hydroxylation is 1. The molecule has 2 N–H and O–H groups in total. The summed E-state index contributed by atoms with van der Waals surface area (Å²) in [5.41, 5.74) is 8.35. The first-order valence-electron chi connectivity index (χ1n) is 6.65. The second-order valence-electron chi connectivity index (χ2n) is 5.02. The average Bonchev–Trinajstić information content (AvgIpc) is 2.84. The van der Waals surface area contributed by atoms with Crippen molar-refractivity contribution in [3.63, 3.8) is 0 Å². The number of nitrogens with two attached hydrogens (primary N) is 1. The maximum absolute atomic E-state index is 12.3. The summed E-state index contributed by atoms with van der Waals surface area (Å²) < 4.78 is 0. The third-order valence-corrected chi connectivity index (χ3v) is 4.35. The molecule has 1 aromatic heterocycles. The quantitative estimate of drug-likeness (QED) is 0.919. The number of benzene rings is 1. The Morgan fingerprint density at radius 1 is 1.30 bits per heavy atom. The van der Waals surface area contributed by atoms with E-state index in [9.17, 15) is 4.79 Å². The topological polar surface area (TPSA) is 46.3 Å². The van der Waals surface area contributed by atoms with Gasteiger partial charge < -0.3 is 10.6 Å². The Kier molecular flexibility index (Phi) is 4.93. The second-order valence-corrected chi connectivity index (χ2v) is 6.02. The summed E-state index contributed by atoms with van der Waals surface area (Å²) in [6.07, 6.45) is 0.577. The van der Waals surface area contributed by atoms with E-state index in [1.54, 1.807) is 16.2 Å². The number of rotatable bonds is 5. The minimum atomic E-state index is -0.484. The van der Waals surface area contributed by atoms with Gasteiger partial charge in [-0.05, 0) is 35.9 Å². The first-order valence-corrected chi connectivity index (χ1v) is 7.53. The molecule has 2 rings (SSSR count). The van der Waals surface area contributed by atoms with Crippen LogP contribution in [-0.2, 0) is 17.8 Å². The lowest BCUT2D eigenvalue weighted by atomic mass is 10.1. The van der Waals surface area contributed by atoms with Crippen LogP contribution in [-0.4, -0.2) is 23.9 Å². The Balaban J connectivity index is 1.94. The number of carbonyl (C=O) groups excluding carboxylic acids is 1. The summed E-state index contributed by atoms with van der Waals surface area (Å²) in [7, 11) is 1.81. The highest BCUT2D eigenvalue weighted by atomic mass is 32.1.